The molecular formula is C21H27F3N4O. The highest BCUT2D eigenvalue weighted by Gasteiger charge is 2.31. The van der Waals surface area contributed by atoms with E-state index in [0.29, 0.717) is 37.8 Å². The Labute approximate surface area is 168 Å². The third kappa shape index (κ3) is 5.10. The first kappa shape index (κ1) is 21.2. The Hall–Kier alpha value is -2.51. The molecule has 3 rings (SSSR count). The van der Waals surface area contributed by atoms with Gasteiger partial charge >= 0.3 is 6.18 Å². The van der Waals surface area contributed by atoms with Gasteiger partial charge in [0.05, 0.1) is 5.56 Å². The van der Waals surface area contributed by atoms with Crippen LogP contribution in [0, 0.1) is 6.92 Å². The fraction of sp³-hybridized carbons (Fsp3) is 0.524. The first-order chi connectivity index (χ1) is 13.8. The summed E-state index contributed by atoms with van der Waals surface area (Å²) in [4.78, 5) is 23.9. The van der Waals surface area contributed by atoms with Crippen LogP contribution in [0.1, 0.15) is 43.0 Å². The Morgan fingerprint density at radius 1 is 1.10 bits per heavy atom. The van der Waals surface area contributed by atoms with E-state index in [4.69, 9.17) is 0 Å². The maximum atomic E-state index is 13.0. The van der Waals surface area contributed by atoms with Crippen LogP contribution in [0.25, 0.3) is 0 Å². The van der Waals surface area contributed by atoms with Crippen molar-refractivity contribution >= 4 is 11.6 Å². The number of hydrogen-bond acceptors (Lipinski definition) is 4. The lowest BCUT2D eigenvalue weighted by atomic mass is 10.1. The molecule has 1 aromatic carbocycles. The number of piperazine rings is 1. The van der Waals surface area contributed by atoms with Gasteiger partial charge in [-0.1, -0.05) is 25.8 Å². The van der Waals surface area contributed by atoms with Gasteiger partial charge in [-0.15, -0.1) is 0 Å². The fourth-order valence-electron chi connectivity index (χ4n) is 3.65. The average Bonchev–Trinajstić information content (AvgIpc) is 2.69. The maximum absolute atomic E-state index is 13.0. The van der Waals surface area contributed by atoms with Crippen molar-refractivity contribution in [2.45, 2.75) is 45.7 Å². The standard InChI is InChI=1S/C21H27F3N4O/c1-3-4-5-9-18-15(2)25-20(26-19(18)29)28-12-10-27(11-13-28)17-8-6-7-16(14-17)21(22,23)24/h6-8,14H,3-5,9-13H2,1-2H3,(H,25,26,29). The molecule has 29 heavy (non-hydrogen) atoms. The number of halogens is 3. The molecule has 1 aliphatic heterocycles. The average molecular weight is 408 g/mol. The summed E-state index contributed by atoms with van der Waals surface area (Å²) in [5.74, 6) is 0.537. The number of aromatic amines is 1. The predicted octanol–water partition coefficient (Wildman–Crippen LogP) is 4.16. The van der Waals surface area contributed by atoms with Crippen LogP contribution in [0.4, 0.5) is 24.8 Å². The third-order valence-corrected chi connectivity index (χ3v) is 5.36. The summed E-state index contributed by atoms with van der Waals surface area (Å²) in [6.07, 6.45) is -0.475. The topological polar surface area (TPSA) is 52.2 Å². The van der Waals surface area contributed by atoms with E-state index in [-0.39, 0.29) is 5.56 Å². The van der Waals surface area contributed by atoms with Crippen LogP contribution in [-0.2, 0) is 12.6 Å². The van der Waals surface area contributed by atoms with Gasteiger partial charge in [0.15, 0.2) is 0 Å². The number of rotatable bonds is 6. The van der Waals surface area contributed by atoms with Gasteiger partial charge in [0.2, 0.25) is 5.95 Å². The van der Waals surface area contributed by atoms with Crippen molar-refractivity contribution in [2.75, 3.05) is 36.0 Å². The summed E-state index contributed by atoms with van der Waals surface area (Å²) in [5.41, 5.74) is 1.31. The summed E-state index contributed by atoms with van der Waals surface area (Å²) in [5, 5.41) is 0. The van der Waals surface area contributed by atoms with Crippen molar-refractivity contribution in [2.24, 2.45) is 0 Å². The summed E-state index contributed by atoms with van der Waals surface area (Å²) in [6.45, 7) is 6.25. The van der Waals surface area contributed by atoms with Crippen LogP contribution in [0.3, 0.4) is 0 Å². The number of alkyl halides is 3. The van der Waals surface area contributed by atoms with E-state index in [2.05, 4.69) is 16.9 Å². The highest BCUT2D eigenvalue weighted by Crippen LogP contribution is 2.32. The van der Waals surface area contributed by atoms with E-state index < -0.39 is 11.7 Å². The van der Waals surface area contributed by atoms with Gasteiger partial charge in [-0.2, -0.15) is 13.2 Å². The van der Waals surface area contributed by atoms with Crippen LogP contribution < -0.4 is 15.4 Å². The maximum Gasteiger partial charge on any atom is 0.416 e. The summed E-state index contributed by atoms with van der Waals surface area (Å²) in [7, 11) is 0. The second kappa shape index (κ2) is 8.88. The van der Waals surface area contributed by atoms with Crippen LogP contribution >= 0.6 is 0 Å². The lowest BCUT2D eigenvalue weighted by Crippen LogP contribution is -2.47. The summed E-state index contributed by atoms with van der Waals surface area (Å²) < 4.78 is 38.9. The van der Waals surface area contributed by atoms with Crippen LogP contribution in [-0.4, -0.2) is 36.1 Å². The van der Waals surface area contributed by atoms with E-state index in [1.165, 1.54) is 12.1 Å². The molecule has 0 bridgehead atoms. The minimum atomic E-state index is -4.35. The zero-order valence-corrected chi connectivity index (χ0v) is 16.9. The van der Waals surface area contributed by atoms with Gasteiger partial charge in [0, 0.05) is 43.1 Å². The highest BCUT2D eigenvalue weighted by molar-refractivity contribution is 5.51. The van der Waals surface area contributed by atoms with E-state index in [1.54, 1.807) is 6.07 Å². The second-order valence-corrected chi connectivity index (χ2v) is 7.43. The molecule has 1 aliphatic rings. The Morgan fingerprint density at radius 3 is 2.41 bits per heavy atom. The van der Waals surface area contributed by atoms with Crippen molar-refractivity contribution in [3.8, 4) is 0 Å². The van der Waals surface area contributed by atoms with E-state index in [0.717, 1.165) is 43.0 Å². The fourth-order valence-corrected chi connectivity index (χ4v) is 3.65. The molecule has 2 aromatic rings. The lowest BCUT2D eigenvalue weighted by molar-refractivity contribution is -0.137. The van der Waals surface area contributed by atoms with Gasteiger partial charge in [-0.3, -0.25) is 9.78 Å². The molecule has 0 saturated carbocycles. The number of unbranched alkanes of at least 4 members (excludes halogenated alkanes) is 2. The molecule has 1 N–H and O–H groups in total. The molecule has 158 valence electrons. The van der Waals surface area contributed by atoms with Gasteiger partial charge in [-0.25, -0.2) is 4.98 Å². The Balaban J connectivity index is 1.67. The highest BCUT2D eigenvalue weighted by atomic mass is 19.4. The summed E-state index contributed by atoms with van der Waals surface area (Å²) in [6, 6.07) is 5.40. The number of benzene rings is 1. The molecule has 8 heteroatoms. The number of H-pyrrole nitrogens is 1. The first-order valence-corrected chi connectivity index (χ1v) is 10.1. The quantitative estimate of drug-likeness (QED) is 0.730. The molecule has 0 amide bonds. The molecule has 0 unspecified atom stereocenters. The van der Waals surface area contributed by atoms with Crippen LogP contribution in [0.2, 0.25) is 0 Å². The van der Waals surface area contributed by atoms with E-state index in [1.807, 2.05) is 16.7 Å². The number of anilines is 2. The van der Waals surface area contributed by atoms with Crippen LogP contribution in [0.5, 0.6) is 0 Å². The number of aromatic nitrogens is 2. The van der Waals surface area contributed by atoms with Gasteiger partial charge in [0.1, 0.15) is 0 Å². The third-order valence-electron chi connectivity index (χ3n) is 5.36. The van der Waals surface area contributed by atoms with Gasteiger partial charge in [-0.05, 0) is 38.0 Å². The molecule has 5 nitrogen and oxygen atoms in total. The smallest absolute Gasteiger partial charge is 0.368 e. The number of aryl methyl sites for hydroxylation is 1. The normalized spacial score (nSPS) is 15.1. The number of nitrogens with one attached hydrogen (secondary N) is 1. The largest absolute Gasteiger partial charge is 0.416 e. The van der Waals surface area contributed by atoms with Crippen molar-refractivity contribution in [3.63, 3.8) is 0 Å². The summed E-state index contributed by atoms with van der Waals surface area (Å²) >= 11 is 0. The van der Waals surface area contributed by atoms with Gasteiger partial charge < -0.3 is 9.80 Å². The van der Waals surface area contributed by atoms with Crippen LogP contribution in [0.15, 0.2) is 29.1 Å². The molecule has 0 aliphatic carbocycles. The second-order valence-electron chi connectivity index (χ2n) is 7.43. The zero-order chi connectivity index (χ0) is 21.0. The minimum Gasteiger partial charge on any atom is -0.368 e. The predicted molar refractivity (Wildman–Crippen MR) is 109 cm³/mol. The van der Waals surface area contributed by atoms with E-state index in [9.17, 15) is 18.0 Å². The molecule has 0 radical (unpaired) electrons. The Morgan fingerprint density at radius 2 is 1.79 bits per heavy atom. The Kier molecular flexibility index (Phi) is 6.49. The van der Waals surface area contributed by atoms with Crippen molar-refractivity contribution in [3.05, 3.63) is 51.4 Å². The molecule has 1 saturated heterocycles. The molecule has 0 spiro atoms. The zero-order valence-electron chi connectivity index (χ0n) is 16.9. The lowest BCUT2D eigenvalue weighted by Gasteiger charge is -2.36. The molecule has 1 fully saturated rings. The molecule has 0 atom stereocenters. The number of hydrogen-bond donors (Lipinski definition) is 1. The van der Waals surface area contributed by atoms with Crippen molar-refractivity contribution in [1.29, 1.82) is 0 Å². The first-order valence-electron chi connectivity index (χ1n) is 10.1. The van der Waals surface area contributed by atoms with E-state index >= 15 is 0 Å². The van der Waals surface area contributed by atoms with Crippen molar-refractivity contribution < 1.29 is 13.2 Å². The molecular weight excluding hydrogens is 381 g/mol. The minimum absolute atomic E-state index is 0.0936. The molecule has 1 aromatic heterocycles. The molecule has 2 heterocycles. The Bertz CT molecular complexity index is 886. The number of nitrogens with zero attached hydrogens (tertiary/aromatic N) is 3. The SMILES string of the molecule is CCCCCc1c(C)nc(N2CCN(c3cccc(C(F)(F)F)c3)CC2)[nH]c1=O. The van der Waals surface area contributed by atoms with Gasteiger partial charge in [0.25, 0.3) is 5.56 Å². The van der Waals surface area contributed by atoms with Crippen molar-refractivity contribution in [1.82, 2.24) is 9.97 Å². The monoisotopic (exact) mass is 408 g/mol.